The Morgan fingerprint density at radius 2 is 1.92 bits per heavy atom. The van der Waals surface area contributed by atoms with E-state index in [4.69, 9.17) is 9.47 Å². The SMILES string of the molecule is CN1C[C@H]2COC[C@@H]1CN(c1ncc(F)c(N3CCOCC3)n1)C2. The van der Waals surface area contributed by atoms with Gasteiger partial charge in [0.1, 0.15) is 0 Å². The minimum absolute atomic E-state index is 0.318. The zero-order valence-corrected chi connectivity index (χ0v) is 14.0. The van der Waals surface area contributed by atoms with E-state index in [2.05, 4.69) is 26.8 Å². The fourth-order valence-corrected chi connectivity index (χ4v) is 3.71. The molecule has 0 unspecified atom stereocenters. The van der Waals surface area contributed by atoms with E-state index in [1.54, 1.807) is 0 Å². The predicted molar refractivity (Wildman–Crippen MR) is 88.0 cm³/mol. The van der Waals surface area contributed by atoms with Crippen molar-refractivity contribution in [3.05, 3.63) is 12.0 Å². The van der Waals surface area contributed by atoms with E-state index >= 15 is 0 Å². The Bertz CT molecular complexity index is 584. The molecular formula is C16H24FN5O2. The van der Waals surface area contributed by atoms with Crippen LogP contribution in [0, 0.1) is 11.7 Å². The molecule has 3 aliphatic heterocycles. The van der Waals surface area contributed by atoms with E-state index in [1.165, 1.54) is 6.20 Å². The van der Waals surface area contributed by atoms with Crippen molar-refractivity contribution in [1.29, 1.82) is 0 Å². The Balaban J connectivity index is 1.59. The zero-order chi connectivity index (χ0) is 16.5. The van der Waals surface area contributed by atoms with Crippen LogP contribution < -0.4 is 9.80 Å². The normalized spacial score (nSPS) is 28.8. The lowest BCUT2D eigenvalue weighted by Crippen LogP contribution is -2.43. The molecule has 4 rings (SSSR count). The first-order valence-corrected chi connectivity index (χ1v) is 8.59. The summed E-state index contributed by atoms with van der Waals surface area (Å²) in [7, 11) is 2.14. The summed E-state index contributed by atoms with van der Waals surface area (Å²) in [5, 5.41) is 0. The number of morpholine rings is 1. The Morgan fingerprint density at radius 1 is 1.08 bits per heavy atom. The molecule has 4 heterocycles. The predicted octanol–water partition coefficient (Wildman–Crippen LogP) is 0.219. The highest BCUT2D eigenvalue weighted by Gasteiger charge is 2.32. The second-order valence-electron chi connectivity index (χ2n) is 6.84. The molecule has 0 radical (unpaired) electrons. The molecule has 0 aliphatic carbocycles. The smallest absolute Gasteiger partial charge is 0.227 e. The monoisotopic (exact) mass is 337 g/mol. The van der Waals surface area contributed by atoms with Gasteiger partial charge in [0.15, 0.2) is 11.6 Å². The van der Waals surface area contributed by atoms with Crippen LogP contribution in [0.5, 0.6) is 0 Å². The minimum atomic E-state index is -0.365. The van der Waals surface area contributed by atoms with Gasteiger partial charge in [-0.2, -0.15) is 4.98 Å². The molecule has 0 amide bonds. The fourth-order valence-electron chi connectivity index (χ4n) is 3.71. The summed E-state index contributed by atoms with van der Waals surface area (Å²) in [5.41, 5.74) is 0. The number of nitrogens with zero attached hydrogens (tertiary/aromatic N) is 5. The van der Waals surface area contributed by atoms with Crippen LogP contribution in [0.25, 0.3) is 0 Å². The van der Waals surface area contributed by atoms with Crippen molar-refractivity contribution in [1.82, 2.24) is 14.9 Å². The maximum absolute atomic E-state index is 14.2. The Kier molecular flexibility index (Phi) is 4.51. The lowest BCUT2D eigenvalue weighted by atomic mass is 10.1. The topological polar surface area (TPSA) is 54.0 Å². The number of ether oxygens (including phenoxy) is 2. The van der Waals surface area contributed by atoms with Gasteiger partial charge >= 0.3 is 0 Å². The highest BCUT2D eigenvalue weighted by atomic mass is 19.1. The van der Waals surface area contributed by atoms with Crippen molar-refractivity contribution in [3.8, 4) is 0 Å². The Hall–Kier alpha value is -1.51. The number of hydrogen-bond donors (Lipinski definition) is 0. The van der Waals surface area contributed by atoms with E-state index in [0.717, 1.165) is 32.8 Å². The van der Waals surface area contributed by atoms with E-state index in [-0.39, 0.29) is 5.82 Å². The molecule has 3 fully saturated rings. The molecule has 3 aliphatic rings. The second kappa shape index (κ2) is 6.78. The summed E-state index contributed by atoms with van der Waals surface area (Å²) < 4.78 is 25.4. The maximum Gasteiger partial charge on any atom is 0.227 e. The van der Waals surface area contributed by atoms with Crippen LogP contribution in [0.15, 0.2) is 6.20 Å². The summed E-state index contributed by atoms with van der Waals surface area (Å²) in [6, 6.07) is 0.318. The summed E-state index contributed by atoms with van der Waals surface area (Å²) >= 11 is 0. The number of halogens is 1. The fraction of sp³-hybridized carbons (Fsp3) is 0.750. The molecule has 0 aromatic carbocycles. The van der Waals surface area contributed by atoms with Gasteiger partial charge in [0.2, 0.25) is 5.95 Å². The summed E-state index contributed by atoms with van der Waals surface area (Å²) in [6.45, 7) is 6.68. The zero-order valence-electron chi connectivity index (χ0n) is 14.0. The number of likely N-dealkylation sites (N-methyl/N-ethyl adjacent to an activating group) is 1. The number of anilines is 2. The van der Waals surface area contributed by atoms with Crippen molar-refractivity contribution in [2.75, 3.05) is 76.0 Å². The highest BCUT2D eigenvalue weighted by molar-refractivity contribution is 5.45. The van der Waals surface area contributed by atoms with Crippen molar-refractivity contribution in [3.63, 3.8) is 0 Å². The molecule has 0 saturated carbocycles. The lowest BCUT2D eigenvalue weighted by molar-refractivity contribution is 0.0928. The van der Waals surface area contributed by atoms with Crippen molar-refractivity contribution >= 4 is 11.8 Å². The summed E-state index contributed by atoms with van der Waals surface area (Å²) in [5.74, 6) is 1.06. The van der Waals surface area contributed by atoms with Gasteiger partial charge in [0, 0.05) is 38.6 Å². The van der Waals surface area contributed by atoms with Gasteiger partial charge < -0.3 is 19.3 Å². The van der Waals surface area contributed by atoms with Gasteiger partial charge in [-0.1, -0.05) is 0 Å². The van der Waals surface area contributed by atoms with Crippen LogP contribution in [0.4, 0.5) is 16.2 Å². The largest absolute Gasteiger partial charge is 0.379 e. The van der Waals surface area contributed by atoms with Gasteiger partial charge in [0.25, 0.3) is 0 Å². The molecule has 24 heavy (non-hydrogen) atoms. The van der Waals surface area contributed by atoms with Gasteiger partial charge in [0.05, 0.1) is 38.7 Å². The van der Waals surface area contributed by atoms with E-state index < -0.39 is 0 Å². The van der Waals surface area contributed by atoms with Crippen LogP contribution >= 0.6 is 0 Å². The third-order valence-corrected chi connectivity index (χ3v) is 5.05. The molecule has 0 N–H and O–H groups in total. The van der Waals surface area contributed by atoms with Crippen LogP contribution in [-0.2, 0) is 9.47 Å². The number of fused-ring (bicyclic) bond motifs is 3. The summed E-state index contributed by atoms with van der Waals surface area (Å²) in [6.07, 6.45) is 1.30. The van der Waals surface area contributed by atoms with E-state index in [1.807, 2.05) is 4.90 Å². The van der Waals surface area contributed by atoms with Crippen molar-refractivity contribution in [2.24, 2.45) is 5.92 Å². The van der Waals surface area contributed by atoms with E-state index in [9.17, 15) is 4.39 Å². The first kappa shape index (κ1) is 16.0. The van der Waals surface area contributed by atoms with Crippen LogP contribution in [-0.4, -0.2) is 87.1 Å². The molecular weight excluding hydrogens is 313 g/mol. The van der Waals surface area contributed by atoms with Crippen molar-refractivity contribution in [2.45, 2.75) is 6.04 Å². The molecule has 2 atom stereocenters. The minimum Gasteiger partial charge on any atom is -0.379 e. The standard InChI is InChI=1S/C16H24FN5O2/c1-20-7-12-8-22(9-13(20)11-24-10-12)16-18-6-14(17)15(19-16)21-2-4-23-5-3-21/h6,12-13H,2-5,7-11H2,1H3/t12-,13+/m1/s1. The first-order valence-electron chi connectivity index (χ1n) is 8.59. The average Bonchev–Trinajstić information content (AvgIpc) is 2.85. The van der Waals surface area contributed by atoms with Gasteiger partial charge in [-0.05, 0) is 7.05 Å². The maximum atomic E-state index is 14.2. The number of aromatic nitrogens is 2. The molecule has 132 valence electrons. The van der Waals surface area contributed by atoms with Crippen molar-refractivity contribution < 1.29 is 13.9 Å². The van der Waals surface area contributed by atoms with Crippen LogP contribution in [0.1, 0.15) is 0 Å². The number of hydrogen-bond acceptors (Lipinski definition) is 7. The molecule has 1 aromatic rings. The van der Waals surface area contributed by atoms with Gasteiger partial charge in [-0.3, -0.25) is 4.90 Å². The molecule has 1 aromatic heterocycles. The van der Waals surface area contributed by atoms with Gasteiger partial charge in [-0.25, -0.2) is 9.37 Å². The van der Waals surface area contributed by atoms with Crippen LogP contribution in [0.2, 0.25) is 0 Å². The van der Waals surface area contributed by atoms with E-state index in [0.29, 0.717) is 50.0 Å². The lowest BCUT2D eigenvalue weighted by Gasteiger charge is -2.31. The van der Waals surface area contributed by atoms with Gasteiger partial charge in [-0.15, -0.1) is 0 Å². The third kappa shape index (κ3) is 3.18. The summed E-state index contributed by atoms with van der Waals surface area (Å²) in [4.78, 5) is 15.3. The molecule has 8 heteroatoms. The Labute approximate surface area is 141 Å². The quantitative estimate of drug-likeness (QED) is 0.765. The van der Waals surface area contributed by atoms with Crippen LogP contribution in [0.3, 0.4) is 0 Å². The molecule has 2 bridgehead atoms. The highest BCUT2D eigenvalue weighted by Crippen LogP contribution is 2.24. The average molecular weight is 337 g/mol. The Morgan fingerprint density at radius 3 is 2.75 bits per heavy atom. The molecule has 3 saturated heterocycles. The third-order valence-electron chi connectivity index (χ3n) is 5.05. The molecule has 0 spiro atoms. The second-order valence-corrected chi connectivity index (χ2v) is 6.84. The first-order chi connectivity index (χ1) is 11.7. The number of rotatable bonds is 2. The molecule has 7 nitrogen and oxygen atoms in total.